The van der Waals surface area contributed by atoms with E-state index < -0.39 is 0 Å². The van der Waals surface area contributed by atoms with Crippen LogP contribution in [0.5, 0.6) is 0 Å². The molecular formula is C25H28N4O2. The fraction of sp³-hybridized carbons (Fsp3) is 0.400. The molecule has 1 saturated heterocycles. The summed E-state index contributed by atoms with van der Waals surface area (Å²) in [4.78, 5) is 35.0. The van der Waals surface area contributed by atoms with Crippen LogP contribution in [-0.4, -0.2) is 46.5 Å². The lowest BCUT2D eigenvalue weighted by Gasteiger charge is -2.37. The monoisotopic (exact) mass is 416 g/mol. The first kappa shape index (κ1) is 19.8. The Balaban J connectivity index is 1.36. The molecule has 0 bridgehead atoms. The Kier molecular flexibility index (Phi) is 5.00. The Bertz CT molecular complexity index is 1220. The predicted molar refractivity (Wildman–Crippen MR) is 123 cm³/mol. The zero-order chi connectivity index (χ0) is 21.5. The molecule has 0 N–H and O–H groups in total. The van der Waals surface area contributed by atoms with Crippen LogP contribution >= 0.6 is 0 Å². The molecule has 2 aliphatic heterocycles. The number of piperazine rings is 1. The van der Waals surface area contributed by atoms with Gasteiger partial charge in [0, 0.05) is 50.4 Å². The molecule has 0 spiro atoms. The van der Waals surface area contributed by atoms with E-state index in [1.165, 1.54) is 16.8 Å². The van der Waals surface area contributed by atoms with E-state index in [0.29, 0.717) is 29.6 Å². The van der Waals surface area contributed by atoms with Crippen molar-refractivity contribution in [3.05, 3.63) is 69.3 Å². The number of amides is 1. The van der Waals surface area contributed by atoms with Crippen molar-refractivity contribution in [3.63, 3.8) is 0 Å². The first-order valence-corrected chi connectivity index (χ1v) is 11.2. The summed E-state index contributed by atoms with van der Waals surface area (Å²) in [5.41, 5.74) is 5.11. The largest absolute Gasteiger partial charge is 0.368 e. The molecule has 160 valence electrons. The highest BCUT2D eigenvalue weighted by atomic mass is 16.2. The summed E-state index contributed by atoms with van der Waals surface area (Å²) in [7, 11) is 0. The molecule has 0 unspecified atom stereocenters. The fourth-order valence-electron chi connectivity index (χ4n) is 4.79. The molecule has 31 heavy (non-hydrogen) atoms. The van der Waals surface area contributed by atoms with Crippen LogP contribution in [0.4, 0.5) is 5.69 Å². The molecule has 2 aromatic carbocycles. The van der Waals surface area contributed by atoms with Gasteiger partial charge in [-0.15, -0.1) is 0 Å². The van der Waals surface area contributed by atoms with Crippen LogP contribution in [0.25, 0.3) is 10.9 Å². The maximum atomic E-state index is 13.2. The summed E-state index contributed by atoms with van der Waals surface area (Å²) >= 11 is 0. The van der Waals surface area contributed by atoms with E-state index in [4.69, 9.17) is 4.98 Å². The third-order valence-electron chi connectivity index (χ3n) is 6.80. The first-order valence-electron chi connectivity index (χ1n) is 11.2. The average molecular weight is 417 g/mol. The Morgan fingerprint density at radius 2 is 1.77 bits per heavy atom. The molecule has 3 heterocycles. The Morgan fingerprint density at radius 1 is 0.968 bits per heavy atom. The summed E-state index contributed by atoms with van der Waals surface area (Å²) in [6.07, 6.45) is 2.90. The summed E-state index contributed by atoms with van der Waals surface area (Å²) in [6.45, 7) is 8.03. The summed E-state index contributed by atoms with van der Waals surface area (Å²) in [5, 5.41) is 0.599. The molecule has 6 heteroatoms. The number of nitrogens with zero attached hydrogens (tertiary/aromatic N) is 4. The highest BCUT2D eigenvalue weighted by Crippen LogP contribution is 2.24. The predicted octanol–water partition coefficient (Wildman–Crippen LogP) is 3.31. The van der Waals surface area contributed by atoms with Crippen molar-refractivity contribution in [2.75, 3.05) is 31.1 Å². The lowest BCUT2D eigenvalue weighted by atomic mass is 10.1. The number of benzene rings is 2. The zero-order valence-electron chi connectivity index (χ0n) is 18.2. The minimum atomic E-state index is 0.0147. The second kappa shape index (κ2) is 7.84. The molecule has 2 aliphatic rings. The number of hydrogen-bond donors (Lipinski definition) is 0. The van der Waals surface area contributed by atoms with Crippen molar-refractivity contribution in [1.82, 2.24) is 14.5 Å². The second-order valence-corrected chi connectivity index (χ2v) is 8.67. The summed E-state index contributed by atoms with van der Waals surface area (Å²) in [6, 6.07) is 11.7. The van der Waals surface area contributed by atoms with E-state index in [1.54, 1.807) is 22.8 Å². The number of carbonyl (C=O) groups is 1. The summed E-state index contributed by atoms with van der Waals surface area (Å²) in [5.74, 6) is 0.859. The van der Waals surface area contributed by atoms with Crippen LogP contribution in [0.1, 0.15) is 40.2 Å². The number of carbonyl (C=O) groups excluding carboxylic acids is 1. The van der Waals surface area contributed by atoms with Crippen LogP contribution in [0.3, 0.4) is 0 Å². The number of aryl methyl sites for hydroxylation is 2. The van der Waals surface area contributed by atoms with Gasteiger partial charge in [-0.1, -0.05) is 12.1 Å². The van der Waals surface area contributed by atoms with Crippen molar-refractivity contribution in [2.45, 2.75) is 39.7 Å². The minimum Gasteiger partial charge on any atom is -0.368 e. The van der Waals surface area contributed by atoms with Crippen molar-refractivity contribution in [1.29, 1.82) is 0 Å². The smallest absolute Gasteiger partial charge is 0.261 e. The van der Waals surface area contributed by atoms with Gasteiger partial charge in [0.2, 0.25) is 0 Å². The van der Waals surface area contributed by atoms with Crippen LogP contribution in [0.2, 0.25) is 0 Å². The zero-order valence-corrected chi connectivity index (χ0v) is 18.2. The van der Waals surface area contributed by atoms with Gasteiger partial charge in [-0.05, 0) is 62.1 Å². The molecule has 0 atom stereocenters. The highest BCUT2D eigenvalue weighted by Gasteiger charge is 2.24. The van der Waals surface area contributed by atoms with E-state index >= 15 is 0 Å². The van der Waals surface area contributed by atoms with Crippen molar-refractivity contribution in [3.8, 4) is 0 Å². The Morgan fingerprint density at radius 3 is 2.58 bits per heavy atom. The molecule has 1 amide bonds. The highest BCUT2D eigenvalue weighted by molar-refractivity contribution is 5.97. The van der Waals surface area contributed by atoms with Gasteiger partial charge in [0.15, 0.2) is 0 Å². The van der Waals surface area contributed by atoms with Crippen LogP contribution in [0.15, 0.2) is 41.2 Å². The fourth-order valence-corrected chi connectivity index (χ4v) is 4.79. The Hall–Kier alpha value is -3.15. The first-order chi connectivity index (χ1) is 15.0. The maximum absolute atomic E-state index is 13.2. The summed E-state index contributed by atoms with van der Waals surface area (Å²) < 4.78 is 1.79. The number of anilines is 1. The molecule has 5 rings (SSSR count). The molecule has 0 radical (unpaired) electrons. The third-order valence-corrected chi connectivity index (χ3v) is 6.80. The third kappa shape index (κ3) is 3.50. The van der Waals surface area contributed by atoms with Gasteiger partial charge in [0.25, 0.3) is 11.5 Å². The van der Waals surface area contributed by atoms with E-state index in [0.717, 1.165) is 44.7 Å². The van der Waals surface area contributed by atoms with E-state index in [9.17, 15) is 9.59 Å². The van der Waals surface area contributed by atoms with Gasteiger partial charge in [-0.2, -0.15) is 0 Å². The van der Waals surface area contributed by atoms with Gasteiger partial charge in [-0.3, -0.25) is 14.2 Å². The normalized spacial score (nSPS) is 16.5. The lowest BCUT2D eigenvalue weighted by Crippen LogP contribution is -2.49. The van der Waals surface area contributed by atoms with Crippen molar-refractivity contribution >= 4 is 22.5 Å². The van der Waals surface area contributed by atoms with Crippen molar-refractivity contribution < 1.29 is 4.79 Å². The van der Waals surface area contributed by atoms with Gasteiger partial charge in [0.05, 0.1) is 10.9 Å². The van der Waals surface area contributed by atoms with Crippen LogP contribution in [0, 0.1) is 13.8 Å². The van der Waals surface area contributed by atoms with E-state index in [-0.39, 0.29) is 11.5 Å². The molecule has 0 aliphatic carbocycles. The van der Waals surface area contributed by atoms with Gasteiger partial charge >= 0.3 is 0 Å². The van der Waals surface area contributed by atoms with Gasteiger partial charge in [-0.25, -0.2) is 4.98 Å². The number of hydrogen-bond acceptors (Lipinski definition) is 4. The molecule has 0 saturated carbocycles. The minimum absolute atomic E-state index is 0.0147. The number of aromatic nitrogens is 2. The molecule has 1 fully saturated rings. The van der Waals surface area contributed by atoms with Gasteiger partial charge < -0.3 is 9.80 Å². The molecule has 3 aromatic rings. The van der Waals surface area contributed by atoms with Crippen LogP contribution in [-0.2, 0) is 13.0 Å². The van der Waals surface area contributed by atoms with Crippen LogP contribution < -0.4 is 10.5 Å². The maximum Gasteiger partial charge on any atom is 0.261 e. The van der Waals surface area contributed by atoms with E-state index in [1.807, 2.05) is 4.90 Å². The van der Waals surface area contributed by atoms with Gasteiger partial charge in [0.1, 0.15) is 5.82 Å². The second-order valence-electron chi connectivity index (χ2n) is 8.67. The standard InChI is InChI=1S/C25H28N4O2/c1-17-6-5-7-22(18(17)2)27-12-14-28(15-13-27)24(30)19-9-10-20-21(16-19)26-23-8-3-4-11-29(23)25(20)31/h5-7,9-10,16H,3-4,8,11-15H2,1-2H3. The van der Waals surface area contributed by atoms with E-state index in [2.05, 4.69) is 36.9 Å². The SMILES string of the molecule is Cc1cccc(N2CCN(C(=O)c3ccc4c(=O)n5c(nc4c3)CCCC5)CC2)c1C. The molecule has 6 nitrogen and oxygen atoms in total. The van der Waals surface area contributed by atoms with Crippen molar-refractivity contribution in [2.24, 2.45) is 0 Å². The number of rotatable bonds is 2. The topological polar surface area (TPSA) is 58.4 Å². The molecular weight excluding hydrogens is 388 g/mol. The number of fused-ring (bicyclic) bond motifs is 2. The molecule has 1 aromatic heterocycles. The Labute approximate surface area is 182 Å². The lowest BCUT2D eigenvalue weighted by molar-refractivity contribution is 0.0747. The quantitative estimate of drug-likeness (QED) is 0.643. The average Bonchev–Trinajstić information content (AvgIpc) is 2.80.